The normalized spacial score (nSPS) is 13.3. The zero-order valence-electron chi connectivity index (χ0n) is 22.0. The molecule has 0 unspecified atom stereocenters. The summed E-state index contributed by atoms with van der Waals surface area (Å²) in [6.45, 7) is 1.72. The molecule has 0 aromatic heterocycles. The molecule has 0 radical (unpaired) electrons. The van der Waals surface area contributed by atoms with Crippen LogP contribution in [-0.4, -0.2) is 58.0 Å². The summed E-state index contributed by atoms with van der Waals surface area (Å²) in [5.41, 5.74) is 0.642. The topological polar surface area (TPSA) is 105 Å². The third kappa shape index (κ3) is 6.29. The number of sulfonamides is 1. The SMILES string of the molecule is CC[C@@H](C(=O)NC)N(Cc1c(Cl)cccc1Cl)C(=O)CN(c1ccc2c(c1)OCCO2)S(=O)(=O)c1ccccc1. The summed E-state index contributed by atoms with van der Waals surface area (Å²) in [7, 11) is -2.75. The van der Waals surface area contributed by atoms with E-state index in [1.165, 1.54) is 30.1 Å². The van der Waals surface area contributed by atoms with Gasteiger partial charge in [-0.15, -0.1) is 0 Å². The number of ether oxygens (including phenoxy) is 2. The lowest BCUT2D eigenvalue weighted by Crippen LogP contribution is -2.51. The first-order valence-electron chi connectivity index (χ1n) is 12.6. The van der Waals surface area contributed by atoms with Crippen molar-refractivity contribution < 1.29 is 27.5 Å². The van der Waals surface area contributed by atoms with Gasteiger partial charge in [0, 0.05) is 35.3 Å². The minimum Gasteiger partial charge on any atom is -0.486 e. The van der Waals surface area contributed by atoms with Gasteiger partial charge in [-0.25, -0.2) is 8.42 Å². The highest BCUT2D eigenvalue weighted by Gasteiger charge is 2.34. The molecule has 40 heavy (non-hydrogen) atoms. The number of nitrogens with one attached hydrogen (secondary N) is 1. The van der Waals surface area contributed by atoms with E-state index in [0.29, 0.717) is 40.3 Å². The maximum absolute atomic E-state index is 14.0. The molecule has 0 bridgehead atoms. The van der Waals surface area contributed by atoms with Crippen LogP contribution in [0.25, 0.3) is 0 Å². The van der Waals surface area contributed by atoms with Gasteiger partial charge in [-0.1, -0.05) is 54.4 Å². The predicted octanol–water partition coefficient (Wildman–Crippen LogP) is 4.51. The first kappa shape index (κ1) is 29.5. The minimum atomic E-state index is -4.22. The Balaban J connectivity index is 1.78. The van der Waals surface area contributed by atoms with Gasteiger partial charge in [0.2, 0.25) is 11.8 Å². The fraction of sp³-hybridized carbons (Fsp3) is 0.286. The smallest absolute Gasteiger partial charge is 0.264 e. The Morgan fingerprint density at radius 1 is 0.950 bits per heavy atom. The second kappa shape index (κ2) is 12.8. The van der Waals surface area contributed by atoms with E-state index in [4.69, 9.17) is 32.7 Å². The Labute approximate surface area is 243 Å². The Hall–Kier alpha value is -3.47. The highest BCUT2D eigenvalue weighted by molar-refractivity contribution is 7.92. The van der Waals surface area contributed by atoms with E-state index in [0.717, 1.165) is 4.31 Å². The summed E-state index contributed by atoms with van der Waals surface area (Å²) < 4.78 is 40.1. The first-order valence-corrected chi connectivity index (χ1v) is 14.8. The molecule has 12 heteroatoms. The first-order chi connectivity index (χ1) is 19.2. The molecule has 1 N–H and O–H groups in total. The Morgan fingerprint density at radius 3 is 2.23 bits per heavy atom. The number of carbonyl (C=O) groups is 2. The fourth-order valence-corrected chi connectivity index (χ4v) is 6.32. The average Bonchev–Trinajstić information content (AvgIpc) is 2.97. The van der Waals surface area contributed by atoms with Gasteiger partial charge >= 0.3 is 0 Å². The van der Waals surface area contributed by atoms with E-state index in [1.54, 1.807) is 55.5 Å². The third-order valence-corrected chi connectivity index (χ3v) is 8.94. The number of amides is 2. The Morgan fingerprint density at radius 2 is 1.60 bits per heavy atom. The zero-order chi connectivity index (χ0) is 28.9. The van der Waals surface area contributed by atoms with Crippen LogP contribution in [0.15, 0.2) is 71.6 Å². The highest BCUT2D eigenvalue weighted by atomic mass is 35.5. The maximum atomic E-state index is 14.0. The second-order valence-electron chi connectivity index (χ2n) is 8.91. The van der Waals surface area contributed by atoms with E-state index in [2.05, 4.69) is 5.32 Å². The molecule has 3 aromatic rings. The maximum Gasteiger partial charge on any atom is 0.264 e. The van der Waals surface area contributed by atoms with Crippen molar-refractivity contribution in [3.05, 3.63) is 82.3 Å². The van der Waals surface area contributed by atoms with E-state index < -0.39 is 34.4 Å². The molecular weight excluding hydrogens is 577 g/mol. The summed E-state index contributed by atoms with van der Waals surface area (Å²) in [5.74, 6) is -0.198. The van der Waals surface area contributed by atoms with Gasteiger partial charge in [-0.05, 0) is 42.8 Å². The number of anilines is 1. The molecule has 3 aromatic carbocycles. The van der Waals surface area contributed by atoms with E-state index in [1.807, 2.05) is 0 Å². The molecule has 0 aliphatic carbocycles. The van der Waals surface area contributed by atoms with Crippen LogP contribution in [0.1, 0.15) is 18.9 Å². The largest absolute Gasteiger partial charge is 0.486 e. The molecule has 2 amide bonds. The molecule has 0 saturated heterocycles. The minimum absolute atomic E-state index is 0.00303. The zero-order valence-corrected chi connectivity index (χ0v) is 24.3. The third-order valence-electron chi connectivity index (χ3n) is 6.45. The fourth-order valence-electron chi connectivity index (χ4n) is 4.38. The standard InChI is InChI=1S/C28H29Cl2N3O6S/c1-3-24(28(35)31-2)32(17-21-22(29)10-7-11-23(21)30)27(34)18-33(40(36,37)20-8-5-4-6-9-20)19-12-13-25-26(16-19)39-15-14-38-25/h4-13,16,24H,3,14-15,17-18H2,1-2H3,(H,31,35)/t24-/m0/s1. The number of fused-ring (bicyclic) bond motifs is 1. The van der Waals surface area contributed by atoms with Crippen LogP contribution in [0.4, 0.5) is 5.69 Å². The lowest BCUT2D eigenvalue weighted by Gasteiger charge is -2.33. The van der Waals surface area contributed by atoms with Crippen molar-refractivity contribution in [2.45, 2.75) is 30.8 Å². The Kier molecular flexibility index (Phi) is 9.44. The summed E-state index contributed by atoms with van der Waals surface area (Å²) in [6, 6.07) is 16.5. The molecule has 1 heterocycles. The second-order valence-corrected chi connectivity index (χ2v) is 11.6. The lowest BCUT2D eigenvalue weighted by molar-refractivity contribution is -0.140. The molecule has 212 valence electrons. The molecular formula is C28H29Cl2N3O6S. The molecule has 1 atom stereocenters. The van der Waals surface area contributed by atoms with Gasteiger partial charge in [0.05, 0.1) is 10.6 Å². The van der Waals surface area contributed by atoms with Crippen molar-refractivity contribution in [1.82, 2.24) is 10.2 Å². The number of hydrogen-bond donors (Lipinski definition) is 1. The van der Waals surface area contributed by atoms with Crippen LogP contribution in [0, 0.1) is 0 Å². The number of benzene rings is 3. The van der Waals surface area contributed by atoms with Crippen LogP contribution in [0.5, 0.6) is 11.5 Å². The van der Waals surface area contributed by atoms with Crippen molar-refractivity contribution in [3.8, 4) is 11.5 Å². The van der Waals surface area contributed by atoms with Gasteiger partial charge in [0.15, 0.2) is 11.5 Å². The molecule has 0 spiro atoms. The molecule has 0 saturated carbocycles. The van der Waals surface area contributed by atoms with E-state index in [-0.39, 0.29) is 23.5 Å². The van der Waals surface area contributed by atoms with Crippen molar-refractivity contribution in [2.75, 3.05) is 31.1 Å². The van der Waals surface area contributed by atoms with Gasteiger partial charge in [-0.3, -0.25) is 13.9 Å². The number of likely N-dealkylation sites (N-methyl/N-ethyl adjacent to an activating group) is 1. The number of nitrogens with zero attached hydrogens (tertiary/aromatic N) is 2. The van der Waals surface area contributed by atoms with E-state index in [9.17, 15) is 18.0 Å². The molecule has 4 rings (SSSR count). The number of halogens is 2. The summed E-state index contributed by atoms with van der Waals surface area (Å²) in [4.78, 5) is 28.2. The molecule has 0 fully saturated rings. The molecule has 1 aliphatic heterocycles. The van der Waals surface area contributed by atoms with Crippen molar-refractivity contribution in [1.29, 1.82) is 0 Å². The monoisotopic (exact) mass is 605 g/mol. The van der Waals surface area contributed by atoms with Crippen molar-refractivity contribution in [2.24, 2.45) is 0 Å². The van der Waals surface area contributed by atoms with Gasteiger partial charge in [-0.2, -0.15) is 0 Å². The molecule has 1 aliphatic rings. The van der Waals surface area contributed by atoms with E-state index >= 15 is 0 Å². The predicted molar refractivity (Wildman–Crippen MR) is 154 cm³/mol. The number of hydrogen-bond acceptors (Lipinski definition) is 6. The lowest BCUT2D eigenvalue weighted by atomic mass is 10.1. The van der Waals surface area contributed by atoms with Gasteiger partial charge in [0.25, 0.3) is 10.0 Å². The Bertz CT molecular complexity index is 1470. The van der Waals surface area contributed by atoms with Crippen molar-refractivity contribution in [3.63, 3.8) is 0 Å². The average molecular weight is 607 g/mol. The van der Waals surface area contributed by atoms with Crippen LogP contribution in [0.2, 0.25) is 10.0 Å². The van der Waals surface area contributed by atoms with Crippen LogP contribution < -0.4 is 19.1 Å². The van der Waals surface area contributed by atoms with Crippen LogP contribution in [0.3, 0.4) is 0 Å². The summed E-state index contributed by atoms with van der Waals surface area (Å²) in [5, 5.41) is 3.22. The van der Waals surface area contributed by atoms with Gasteiger partial charge < -0.3 is 19.7 Å². The van der Waals surface area contributed by atoms with Crippen LogP contribution >= 0.6 is 23.2 Å². The summed E-state index contributed by atoms with van der Waals surface area (Å²) >= 11 is 12.8. The highest BCUT2D eigenvalue weighted by Crippen LogP contribution is 2.36. The van der Waals surface area contributed by atoms with Crippen LogP contribution in [-0.2, 0) is 26.2 Å². The van der Waals surface area contributed by atoms with Gasteiger partial charge in [0.1, 0.15) is 25.8 Å². The summed E-state index contributed by atoms with van der Waals surface area (Å²) in [6.07, 6.45) is 0.267. The number of carbonyl (C=O) groups excluding carboxylic acids is 2. The molecule has 9 nitrogen and oxygen atoms in total. The van der Waals surface area contributed by atoms with Crippen molar-refractivity contribution >= 4 is 50.7 Å². The quantitative estimate of drug-likeness (QED) is 0.364. The number of rotatable bonds is 10.